The van der Waals surface area contributed by atoms with Gasteiger partial charge in [0, 0.05) is 10.7 Å². The molecule has 0 aliphatic carbocycles. The third kappa shape index (κ3) is 3.27. The van der Waals surface area contributed by atoms with Crippen molar-refractivity contribution in [2.75, 3.05) is 5.32 Å². The molecule has 2 nitrogen and oxygen atoms in total. The lowest BCUT2D eigenvalue weighted by molar-refractivity contribution is 0.748. The summed E-state index contributed by atoms with van der Waals surface area (Å²) in [6.45, 7) is 2.06. The number of anilines is 1. The molecular weight excluding hydrogens is 196 g/mol. The summed E-state index contributed by atoms with van der Waals surface area (Å²) in [5.74, 6) is 0. The van der Waals surface area contributed by atoms with Crippen molar-refractivity contribution in [3.8, 4) is 6.07 Å². The minimum absolute atomic E-state index is 0.110. The molecule has 1 atom stereocenters. The second-order valence-electron chi connectivity index (χ2n) is 3.12. The second kappa shape index (κ2) is 5.51. The van der Waals surface area contributed by atoms with Crippen molar-refractivity contribution in [2.24, 2.45) is 0 Å². The first-order valence-electron chi connectivity index (χ1n) is 4.68. The van der Waals surface area contributed by atoms with E-state index in [0.717, 1.165) is 18.5 Å². The highest BCUT2D eigenvalue weighted by molar-refractivity contribution is 6.30. The fraction of sp³-hybridized carbons (Fsp3) is 0.364. The topological polar surface area (TPSA) is 35.8 Å². The van der Waals surface area contributed by atoms with Gasteiger partial charge in [-0.05, 0) is 30.7 Å². The molecule has 0 fully saturated rings. The Balaban J connectivity index is 2.59. The van der Waals surface area contributed by atoms with E-state index >= 15 is 0 Å². The fourth-order valence-corrected chi connectivity index (χ4v) is 1.33. The van der Waals surface area contributed by atoms with E-state index in [9.17, 15) is 0 Å². The summed E-state index contributed by atoms with van der Waals surface area (Å²) in [6.07, 6.45) is 1.86. The Morgan fingerprint density at radius 1 is 1.43 bits per heavy atom. The van der Waals surface area contributed by atoms with Crippen LogP contribution < -0.4 is 5.32 Å². The number of nitriles is 1. The number of halogens is 1. The zero-order valence-electron chi connectivity index (χ0n) is 8.13. The highest BCUT2D eigenvalue weighted by Gasteiger charge is 2.04. The lowest BCUT2D eigenvalue weighted by Crippen LogP contribution is -2.16. The predicted molar refractivity (Wildman–Crippen MR) is 59.4 cm³/mol. The summed E-state index contributed by atoms with van der Waals surface area (Å²) in [7, 11) is 0. The third-order valence-electron chi connectivity index (χ3n) is 1.92. The van der Waals surface area contributed by atoms with Crippen LogP contribution >= 0.6 is 11.6 Å². The van der Waals surface area contributed by atoms with E-state index in [4.69, 9.17) is 16.9 Å². The van der Waals surface area contributed by atoms with E-state index in [-0.39, 0.29) is 6.04 Å². The molecule has 0 radical (unpaired) electrons. The second-order valence-corrected chi connectivity index (χ2v) is 3.56. The van der Waals surface area contributed by atoms with Crippen LogP contribution in [0.4, 0.5) is 5.69 Å². The first-order valence-corrected chi connectivity index (χ1v) is 5.05. The van der Waals surface area contributed by atoms with Gasteiger partial charge >= 0.3 is 0 Å². The van der Waals surface area contributed by atoms with E-state index in [1.807, 2.05) is 24.3 Å². The highest BCUT2D eigenvalue weighted by Crippen LogP contribution is 2.15. The van der Waals surface area contributed by atoms with Crippen molar-refractivity contribution in [2.45, 2.75) is 25.8 Å². The monoisotopic (exact) mass is 208 g/mol. The first-order chi connectivity index (χ1) is 6.76. The van der Waals surface area contributed by atoms with Crippen LogP contribution in [0, 0.1) is 11.3 Å². The van der Waals surface area contributed by atoms with Crippen molar-refractivity contribution in [1.82, 2.24) is 0 Å². The molecule has 0 saturated carbocycles. The van der Waals surface area contributed by atoms with E-state index < -0.39 is 0 Å². The zero-order valence-corrected chi connectivity index (χ0v) is 8.88. The van der Waals surface area contributed by atoms with Gasteiger partial charge in [0.25, 0.3) is 0 Å². The van der Waals surface area contributed by atoms with Crippen molar-refractivity contribution in [3.05, 3.63) is 29.3 Å². The molecule has 0 saturated heterocycles. The molecule has 0 spiro atoms. The Labute approximate surface area is 89.5 Å². The van der Waals surface area contributed by atoms with Crippen LogP contribution in [0.2, 0.25) is 5.02 Å². The zero-order chi connectivity index (χ0) is 10.4. The fourth-order valence-electron chi connectivity index (χ4n) is 1.20. The van der Waals surface area contributed by atoms with Gasteiger partial charge in [-0.3, -0.25) is 0 Å². The molecule has 1 unspecified atom stereocenters. The maximum absolute atomic E-state index is 8.83. The molecule has 1 aromatic carbocycles. The van der Waals surface area contributed by atoms with Crippen LogP contribution in [0.3, 0.4) is 0 Å². The largest absolute Gasteiger partial charge is 0.370 e. The van der Waals surface area contributed by atoms with Crippen molar-refractivity contribution >= 4 is 17.3 Å². The number of nitrogens with one attached hydrogen (secondary N) is 1. The Bertz CT molecular complexity index is 313. The normalized spacial score (nSPS) is 11.8. The first kappa shape index (κ1) is 10.9. The molecule has 0 aliphatic rings. The molecular formula is C11H13ClN2. The molecule has 14 heavy (non-hydrogen) atoms. The molecule has 0 bridgehead atoms. The SMILES string of the molecule is CCCC(C#N)Nc1ccc(Cl)cc1. The molecule has 74 valence electrons. The Kier molecular flexibility index (Phi) is 4.28. The summed E-state index contributed by atoms with van der Waals surface area (Å²) >= 11 is 5.75. The van der Waals surface area contributed by atoms with Crippen LogP contribution in [0.1, 0.15) is 19.8 Å². The molecule has 0 aliphatic heterocycles. The van der Waals surface area contributed by atoms with Gasteiger partial charge in [-0.2, -0.15) is 5.26 Å². The smallest absolute Gasteiger partial charge is 0.114 e. The van der Waals surface area contributed by atoms with Crippen LogP contribution in [0.15, 0.2) is 24.3 Å². The third-order valence-corrected chi connectivity index (χ3v) is 2.17. The van der Waals surface area contributed by atoms with Gasteiger partial charge in [-0.25, -0.2) is 0 Å². The predicted octanol–water partition coefficient (Wildman–Crippen LogP) is 3.44. The summed E-state index contributed by atoms with van der Waals surface area (Å²) < 4.78 is 0. The van der Waals surface area contributed by atoms with Gasteiger partial charge in [-0.15, -0.1) is 0 Å². The molecule has 1 aromatic rings. The molecule has 0 aromatic heterocycles. The molecule has 0 amide bonds. The maximum atomic E-state index is 8.83. The molecule has 0 heterocycles. The van der Waals surface area contributed by atoms with Gasteiger partial charge in [0.1, 0.15) is 6.04 Å². The van der Waals surface area contributed by atoms with E-state index in [1.165, 1.54) is 0 Å². The van der Waals surface area contributed by atoms with E-state index in [2.05, 4.69) is 18.3 Å². The molecule has 3 heteroatoms. The summed E-state index contributed by atoms with van der Waals surface area (Å²) in [4.78, 5) is 0. The number of hydrogen-bond donors (Lipinski definition) is 1. The van der Waals surface area contributed by atoms with Gasteiger partial charge in [0.05, 0.1) is 6.07 Å². The summed E-state index contributed by atoms with van der Waals surface area (Å²) in [6, 6.07) is 9.49. The standard InChI is InChI=1S/C11H13ClN2/c1-2-3-11(8-13)14-10-6-4-9(12)5-7-10/h4-7,11,14H,2-3H2,1H3. The van der Waals surface area contributed by atoms with Gasteiger partial charge in [-0.1, -0.05) is 24.9 Å². The summed E-state index contributed by atoms with van der Waals surface area (Å²) in [5, 5.41) is 12.7. The van der Waals surface area contributed by atoms with Gasteiger partial charge in [0.15, 0.2) is 0 Å². The number of benzene rings is 1. The van der Waals surface area contributed by atoms with E-state index in [0.29, 0.717) is 5.02 Å². The Hall–Kier alpha value is -1.20. The molecule has 1 N–H and O–H groups in total. The van der Waals surface area contributed by atoms with Crippen LogP contribution in [-0.4, -0.2) is 6.04 Å². The maximum Gasteiger partial charge on any atom is 0.114 e. The highest BCUT2D eigenvalue weighted by atomic mass is 35.5. The van der Waals surface area contributed by atoms with Gasteiger partial charge < -0.3 is 5.32 Å². The number of nitrogens with zero attached hydrogens (tertiary/aromatic N) is 1. The Morgan fingerprint density at radius 3 is 2.57 bits per heavy atom. The van der Waals surface area contributed by atoms with Crippen LogP contribution in [0.25, 0.3) is 0 Å². The van der Waals surface area contributed by atoms with Crippen molar-refractivity contribution in [1.29, 1.82) is 5.26 Å². The van der Waals surface area contributed by atoms with Crippen molar-refractivity contribution in [3.63, 3.8) is 0 Å². The van der Waals surface area contributed by atoms with Crippen LogP contribution in [0.5, 0.6) is 0 Å². The average Bonchev–Trinajstić information content (AvgIpc) is 2.20. The van der Waals surface area contributed by atoms with Crippen molar-refractivity contribution < 1.29 is 0 Å². The lowest BCUT2D eigenvalue weighted by Gasteiger charge is -2.11. The number of rotatable bonds is 4. The van der Waals surface area contributed by atoms with Gasteiger partial charge in [0.2, 0.25) is 0 Å². The summed E-state index contributed by atoms with van der Waals surface area (Å²) in [5.41, 5.74) is 0.939. The minimum Gasteiger partial charge on any atom is -0.370 e. The van der Waals surface area contributed by atoms with Crippen LogP contribution in [-0.2, 0) is 0 Å². The average molecular weight is 209 g/mol. The Morgan fingerprint density at radius 2 is 2.07 bits per heavy atom. The van der Waals surface area contributed by atoms with E-state index in [1.54, 1.807) is 0 Å². The minimum atomic E-state index is -0.110. The lowest BCUT2D eigenvalue weighted by atomic mass is 10.2. The number of hydrogen-bond acceptors (Lipinski definition) is 2. The quantitative estimate of drug-likeness (QED) is 0.823. The molecule has 1 rings (SSSR count).